The van der Waals surface area contributed by atoms with Crippen molar-refractivity contribution in [2.45, 2.75) is 64.1 Å². The number of aliphatic hydroxyl groups excluding tert-OH is 1. The highest BCUT2D eigenvalue weighted by Gasteiger charge is 2.44. The first-order chi connectivity index (χ1) is 11.5. The zero-order chi connectivity index (χ0) is 17.3. The largest absolute Gasteiger partial charge is 0.391 e. The highest BCUT2D eigenvalue weighted by Crippen LogP contribution is 2.42. The van der Waals surface area contributed by atoms with E-state index in [1.807, 2.05) is 19.2 Å². The first-order valence-corrected chi connectivity index (χ1v) is 9.23. The molecular weight excluding hydrogens is 322 g/mol. The molecule has 5 heteroatoms. The van der Waals surface area contributed by atoms with Crippen molar-refractivity contribution in [1.82, 2.24) is 10.2 Å². The van der Waals surface area contributed by atoms with Gasteiger partial charge in [0.15, 0.2) is 0 Å². The molecule has 4 nitrogen and oxygen atoms in total. The van der Waals surface area contributed by atoms with Crippen molar-refractivity contribution in [3.63, 3.8) is 0 Å². The normalized spacial score (nSPS) is 28.7. The Hall–Kier alpha value is -1.44. The summed E-state index contributed by atoms with van der Waals surface area (Å²) in [6.07, 6.45) is 9.79. The SMILES string of the molecule is CC1=C(CC#N)C2=CC(Cl)=CN(CC(O)C3CCCCC3)C2(C)N1. The minimum Gasteiger partial charge on any atom is -0.391 e. The van der Waals surface area contributed by atoms with Gasteiger partial charge in [-0.2, -0.15) is 5.26 Å². The van der Waals surface area contributed by atoms with Crippen LogP contribution in [0.15, 0.2) is 34.2 Å². The lowest BCUT2D eigenvalue weighted by Gasteiger charge is -2.44. The van der Waals surface area contributed by atoms with Gasteiger partial charge in [0.05, 0.1) is 23.6 Å². The minimum atomic E-state index is -0.440. The molecule has 1 saturated carbocycles. The topological polar surface area (TPSA) is 59.3 Å². The zero-order valence-corrected chi connectivity index (χ0v) is 15.2. The summed E-state index contributed by atoms with van der Waals surface area (Å²) >= 11 is 6.35. The standard InChI is InChI=1S/C19H26ClN3O/c1-13-16(8-9-21)17-10-15(20)11-23(19(17,2)22-13)12-18(24)14-6-4-3-5-7-14/h10-11,14,18,22,24H,3-8,12H2,1-2H3. The van der Waals surface area contributed by atoms with E-state index in [4.69, 9.17) is 16.9 Å². The van der Waals surface area contributed by atoms with Gasteiger partial charge in [0.25, 0.3) is 0 Å². The number of fused-ring (bicyclic) bond motifs is 1. The summed E-state index contributed by atoms with van der Waals surface area (Å²) in [7, 11) is 0. The smallest absolute Gasteiger partial charge is 0.134 e. The summed E-state index contributed by atoms with van der Waals surface area (Å²) in [5.74, 6) is 0.373. The van der Waals surface area contributed by atoms with E-state index in [0.29, 0.717) is 23.9 Å². The van der Waals surface area contributed by atoms with E-state index in [2.05, 4.69) is 23.2 Å². The number of aliphatic hydroxyl groups is 1. The molecule has 2 atom stereocenters. The molecule has 24 heavy (non-hydrogen) atoms. The van der Waals surface area contributed by atoms with Crippen LogP contribution >= 0.6 is 11.6 Å². The van der Waals surface area contributed by atoms with Gasteiger partial charge < -0.3 is 15.3 Å². The Labute approximate surface area is 149 Å². The fourth-order valence-electron chi connectivity index (χ4n) is 4.32. The molecule has 0 spiro atoms. The van der Waals surface area contributed by atoms with Crippen molar-refractivity contribution in [3.8, 4) is 6.07 Å². The molecule has 0 aromatic carbocycles. The zero-order valence-electron chi connectivity index (χ0n) is 14.5. The molecule has 1 aliphatic carbocycles. The van der Waals surface area contributed by atoms with Gasteiger partial charge in [0.1, 0.15) is 5.66 Å². The molecule has 2 aliphatic heterocycles. The predicted octanol–water partition coefficient (Wildman–Crippen LogP) is 3.76. The fourth-order valence-corrected chi connectivity index (χ4v) is 4.55. The van der Waals surface area contributed by atoms with Gasteiger partial charge in [0, 0.05) is 24.0 Å². The van der Waals surface area contributed by atoms with Crippen LogP contribution in [-0.2, 0) is 0 Å². The van der Waals surface area contributed by atoms with Gasteiger partial charge in [-0.25, -0.2) is 0 Å². The van der Waals surface area contributed by atoms with Crippen molar-refractivity contribution in [1.29, 1.82) is 5.26 Å². The molecule has 0 aromatic heterocycles. The Morgan fingerprint density at radius 3 is 2.83 bits per heavy atom. The Morgan fingerprint density at radius 1 is 1.46 bits per heavy atom. The van der Waals surface area contributed by atoms with Crippen molar-refractivity contribution >= 4 is 11.6 Å². The first kappa shape index (κ1) is 17.4. The summed E-state index contributed by atoms with van der Waals surface area (Å²) < 4.78 is 0. The number of rotatable bonds is 4. The lowest BCUT2D eigenvalue weighted by atomic mass is 9.84. The monoisotopic (exact) mass is 347 g/mol. The Balaban J connectivity index is 1.81. The van der Waals surface area contributed by atoms with E-state index in [1.165, 1.54) is 19.3 Å². The number of nitriles is 1. The average Bonchev–Trinajstić information content (AvgIpc) is 2.80. The highest BCUT2D eigenvalue weighted by atomic mass is 35.5. The molecule has 0 saturated heterocycles. The van der Waals surface area contributed by atoms with Crippen LogP contribution in [0.2, 0.25) is 0 Å². The van der Waals surface area contributed by atoms with Crippen LogP contribution in [0.1, 0.15) is 52.4 Å². The summed E-state index contributed by atoms with van der Waals surface area (Å²) in [5, 5.41) is 24.0. The quantitative estimate of drug-likeness (QED) is 0.813. The van der Waals surface area contributed by atoms with Gasteiger partial charge in [0.2, 0.25) is 0 Å². The number of β-amino-alcohol motifs (C(OH)–C–C–N with tert-alkyl or cyclic N) is 1. The van der Waals surface area contributed by atoms with Crippen molar-refractivity contribution < 1.29 is 5.11 Å². The Morgan fingerprint density at radius 2 is 2.17 bits per heavy atom. The van der Waals surface area contributed by atoms with Gasteiger partial charge in [-0.3, -0.25) is 0 Å². The lowest BCUT2D eigenvalue weighted by Crippen LogP contribution is -2.56. The molecule has 3 aliphatic rings. The molecule has 130 valence electrons. The van der Waals surface area contributed by atoms with Crippen LogP contribution in [0.3, 0.4) is 0 Å². The van der Waals surface area contributed by atoms with E-state index in [-0.39, 0.29) is 6.10 Å². The average molecular weight is 348 g/mol. The molecule has 0 radical (unpaired) electrons. The molecule has 0 aromatic rings. The number of nitrogens with one attached hydrogen (secondary N) is 1. The van der Waals surface area contributed by atoms with Crippen molar-refractivity contribution in [2.24, 2.45) is 5.92 Å². The maximum absolute atomic E-state index is 10.8. The first-order valence-electron chi connectivity index (χ1n) is 8.85. The molecule has 0 amide bonds. The molecule has 0 bridgehead atoms. The number of hydrogen-bond acceptors (Lipinski definition) is 4. The third-order valence-corrected chi connectivity index (χ3v) is 5.91. The van der Waals surface area contributed by atoms with Crippen LogP contribution in [0.4, 0.5) is 0 Å². The van der Waals surface area contributed by atoms with E-state index in [9.17, 15) is 5.11 Å². The van der Waals surface area contributed by atoms with E-state index >= 15 is 0 Å². The molecule has 3 rings (SSSR count). The summed E-state index contributed by atoms with van der Waals surface area (Å²) in [6, 6.07) is 2.24. The predicted molar refractivity (Wildman–Crippen MR) is 95.8 cm³/mol. The number of halogens is 1. The van der Waals surface area contributed by atoms with Gasteiger partial charge in [-0.05, 0) is 44.3 Å². The number of hydrogen-bond donors (Lipinski definition) is 2. The number of allylic oxidation sites excluding steroid dienone is 3. The summed E-state index contributed by atoms with van der Waals surface area (Å²) in [6.45, 7) is 4.65. The summed E-state index contributed by atoms with van der Waals surface area (Å²) in [4.78, 5) is 2.11. The van der Waals surface area contributed by atoms with Gasteiger partial charge >= 0.3 is 0 Å². The molecule has 2 N–H and O–H groups in total. The lowest BCUT2D eigenvalue weighted by molar-refractivity contribution is 0.0339. The van der Waals surface area contributed by atoms with Crippen LogP contribution in [0, 0.1) is 17.2 Å². The third-order valence-electron chi connectivity index (χ3n) is 5.70. The maximum Gasteiger partial charge on any atom is 0.134 e. The Bertz CT molecular complexity index is 639. The van der Waals surface area contributed by atoms with E-state index in [1.54, 1.807) is 0 Å². The second-order valence-corrected chi connectivity index (χ2v) is 7.76. The minimum absolute atomic E-state index is 0.357. The van der Waals surface area contributed by atoms with Gasteiger partial charge in [-0.15, -0.1) is 0 Å². The molecule has 2 unspecified atom stereocenters. The Kier molecular flexibility index (Phi) is 4.94. The summed E-state index contributed by atoms with van der Waals surface area (Å²) in [5.41, 5.74) is 2.64. The van der Waals surface area contributed by atoms with Crippen molar-refractivity contribution in [3.05, 3.63) is 34.2 Å². The van der Waals surface area contributed by atoms with E-state index < -0.39 is 5.66 Å². The maximum atomic E-state index is 10.8. The van der Waals surface area contributed by atoms with Crippen molar-refractivity contribution in [2.75, 3.05) is 6.54 Å². The van der Waals surface area contributed by atoms with Crippen LogP contribution in [0.5, 0.6) is 0 Å². The van der Waals surface area contributed by atoms with Crippen LogP contribution in [0.25, 0.3) is 0 Å². The fraction of sp³-hybridized carbons (Fsp3) is 0.632. The third kappa shape index (κ3) is 3.08. The second-order valence-electron chi connectivity index (χ2n) is 7.33. The highest BCUT2D eigenvalue weighted by molar-refractivity contribution is 6.31. The second kappa shape index (κ2) is 6.82. The molecule has 1 fully saturated rings. The van der Waals surface area contributed by atoms with Crippen LogP contribution < -0.4 is 5.32 Å². The molecular formula is C19H26ClN3O. The van der Waals surface area contributed by atoms with Crippen LogP contribution in [-0.4, -0.2) is 28.3 Å². The van der Waals surface area contributed by atoms with E-state index in [0.717, 1.165) is 29.7 Å². The molecule has 2 heterocycles. The van der Waals surface area contributed by atoms with Gasteiger partial charge in [-0.1, -0.05) is 30.9 Å². The number of nitrogens with zero attached hydrogens (tertiary/aromatic N) is 2.